The van der Waals surface area contributed by atoms with Crippen LogP contribution in [0.2, 0.25) is 0 Å². The van der Waals surface area contributed by atoms with Gasteiger partial charge in [0.25, 0.3) is 0 Å². The van der Waals surface area contributed by atoms with E-state index in [2.05, 4.69) is 56.2 Å². The summed E-state index contributed by atoms with van der Waals surface area (Å²) in [6, 6.07) is 4.61. The zero-order valence-corrected chi connectivity index (χ0v) is 19.6. The van der Waals surface area contributed by atoms with E-state index in [0.717, 1.165) is 56.1 Å². The van der Waals surface area contributed by atoms with Crippen LogP contribution in [0.3, 0.4) is 0 Å². The SMILES string of the molecule is CCCN(CCC)c1nc(C)nc2c1c1c(n2-c2c(C)cc(C)cc2C)CCCC1. The molecule has 0 atom stereocenters. The number of benzene rings is 1. The standard InChI is InChI=1S/C26H36N4/c1-7-13-29(14-8-2)25-23-21-11-9-10-12-22(21)30(26(23)28-20(6)27-25)24-18(4)15-17(3)16-19(24)5/h15-16H,7-14H2,1-6H3. The predicted molar refractivity (Wildman–Crippen MR) is 127 cm³/mol. The monoisotopic (exact) mass is 404 g/mol. The fourth-order valence-electron chi connectivity index (χ4n) is 5.37. The minimum absolute atomic E-state index is 0.869. The summed E-state index contributed by atoms with van der Waals surface area (Å²) in [5.41, 5.74) is 9.35. The molecule has 4 nitrogen and oxygen atoms in total. The zero-order chi connectivity index (χ0) is 21.4. The van der Waals surface area contributed by atoms with Crippen molar-refractivity contribution in [1.82, 2.24) is 14.5 Å². The smallest absolute Gasteiger partial charge is 0.150 e. The number of nitrogens with zero attached hydrogens (tertiary/aromatic N) is 4. The molecule has 0 saturated heterocycles. The molecule has 4 rings (SSSR count). The Morgan fingerprint density at radius 2 is 1.53 bits per heavy atom. The fraction of sp³-hybridized carbons (Fsp3) is 0.538. The van der Waals surface area contributed by atoms with Gasteiger partial charge in [0.05, 0.1) is 11.1 Å². The number of anilines is 1. The van der Waals surface area contributed by atoms with Crippen molar-refractivity contribution in [3.63, 3.8) is 0 Å². The van der Waals surface area contributed by atoms with Crippen LogP contribution in [-0.4, -0.2) is 27.6 Å². The third-order valence-electron chi connectivity index (χ3n) is 6.35. The van der Waals surface area contributed by atoms with Gasteiger partial charge in [0.15, 0.2) is 5.65 Å². The summed E-state index contributed by atoms with van der Waals surface area (Å²) in [5, 5.41) is 1.30. The highest BCUT2D eigenvalue weighted by Gasteiger charge is 2.27. The summed E-state index contributed by atoms with van der Waals surface area (Å²) in [4.78, 5) is 12.6. The summed E-state index contributed by atoms with van der Waals surface area (Å²) >= 11 is 0. The largest absolute Gasteiger partial charge is 0.356 e. The van der Waals surface area contributed by atoms with Gasteiger partial charge >= 0.3 is 0 Å². The van der Waals surface area contributed by atoms with Gasteiger partial charge < -0.3 is 4.90 Å². The maximum atomic E-state index is 5.05. The molecule has 4 heteroatoms. The Bertz CT molecular complexity index is 1050. The van der Waals surface area contributed by atoms with Crippen LogP contribution in [0.1, 0.15) is 73.3 Å². The Labute approximate surface area is 181 Å². The van der Waals surface area contributed by atoms with E-state index in [0.29, 0.717) is 0 Å². The van der Waals surface area contributed by atoms with Gasteiger partial charge in [0.1, 0.15) is 11.6 Å². The molecule has 0 amide bonds. The van der Waals surface area contributed by atoms with Crippen molar-refractivity contribution in [1.29, 1.82) is 0 Å². The summed E-state index contributed by atoms with van der Waals surface area (Å²) in [6.07, 6.45) is 7.02. The molecular formula is C26H36N4. The third kappa shape index (κ3) is 3.51. The maximum Gasteiger partial charge on any atom is 0.150 e. The van der Waals surface area contributed by atoms with Gasteiger partial charge in [0.2, 0.25) is 0 Å². The number of rotatable bonds is 6. The van der Waals surface area contributed by atoms with E-state index in [1.165, 1.54) is 51.9 Å². The molecule has 1 aromatic carbocycles. The summed E-state index contributed by atoms with van der Waals surface area (Å²) in [6.45, 7) is 15.3. The Kier molecular flexibility index (Phi) is 5.86. The molecule has 0 spiro atoms. The highest BCUT2D eigenvalue weighted by Crippen LogP contribution is 2.39. The fourth-order valence-corrected chi connectivity index (χ4v) is 5.37. The van der Waals surface area contributed by atoms with Gasteiger partial charge in [-0.05, 0) is 82.9 Å². The summed E-state index contributed by atoms with van der Waals surface area (Å²) < 4.78 is 2.49. The van der Waals surface area contributed by atoms with E-state index in [-0.39, 0.29) is 0 Å². The number of hydrogen-bond acceptors (Lipinski definition) is 3. The summed E-state index contributed by atoms with van der Waals surface area (Å²) in [5.74, 6) is 2.02. The van der Waals surface area contributed by atoms with Crippen LogP contribution in [0.25, 0.3) is 16.7 Å². The van der Waals surface area contributed by atoms with E-state index in [1.807, 2.05) is 6.92 Å². The number of hydrogen-bond donors (Lipinski definition) is 0. The van der Waals surface area contributed by atoms with Crippen molar-refractivity contribution in [2.45, 2.75) is 80.1 Å². The first-order valence-electron chi connectivity index (χ1n) is 11.7. The number of fused-ring (bicyclic) bond motifs is 3. The second-order valence-corrected chi connectivity index (χ2v) is 9.00. The van der Waals surface area contributed by atoms with Gasteiger partial charge in [-0.25, -0.2) is 9.97 Å². The van der Waals surface area contributed by atoms with Crippen molar-refractivity contribution < 1.29 is 0 Å². The van der Waals surface area contributed by atoms with Crippen LogP contribution in [-0.2, 0) is 12.8 Å². The van der Waals surface area contributed by atoms with Crippen LogP contribution in [0, 0.1) is 27.7 Å². The van der Waals surface area contributed by atoms with Gasteiger partial charge in [-0.2, -0.15) is 0 Å². The van der Waals surface area contributed by atoms with E-state index >= 15 is 0 Å². The molecule has 0 radical (unpaired) electrons. The molecule has 0 N–H and O–H groups in total. The zero-order valence-electron chi connectivity index (χ0n) is 19.6. The molecule has 1 aliphatic rings. The Balaban J connectivity index is 2.09. The van der Waals surface area contributed by atoms with Crippen LogP contribution >= 0.6 is 0 Å². The molecule has 0 aliphatic heterocycles. The lowest BCUT2D eigenvalue weighted by molar-refractivity contribution is 0.665. The summed E-state index contributed by atoms with van der Waals surface area (Å²) in [7, 11) is 0. The number of aromatic nitrogens is 3. The van der Waals surface area contributed by atoms with Gasteiger partial charge in [-0.15, -0.1) is 0 Å². The molecule has 0 bridgehead atoms. The molecule has 2 aromatic heterocycles. The van der Waals surface area contributed by atoms with Gasteiger partial charge in [0, 0.05) is 18.8 Å². The molecule has 30 heavy (non-hydrogen) atoms. The highest BCUT2D eigenvalue weighted by atomic mass is 15.2. The Hall–Kier alpha value is -2.36. The molecule has 1 aliphatic carbocycles. The Morgan fingerprint density at radius 1 is 0.900 bits per heavy atom. The minimum atomic E-state index is 0.869. The lowest BCUT2D eigenvalue weighted by Crippen LogP contribution is -2.26. The average Bonchev–Trinajstić information content (AvgIpc) is 3.01. The van der Waals surface area contributed by atoms with Crippen LogP contribution in [0.4, 0.5) is 5.82 Å². The molecule has 3 aromatic rings. The molecule has 160 valence electrons. The third-order valence-corrected chi connectivity index (χ3v) is 6.35. The minimum Gasteiger partial charge on any atom is -0.356 e. The van der Waals surface area contributed by atoms with Gasteiger partial charge in [-0.3, -0.25) is 4.57 Å². The van der Waals surface area contributed by atoms with Gasteiger partial charge in [-0.1, -0.05) is 31.5 Å². The second-order valence-electron chi connectivity index (χ2n) is 9.00. The quantitative estimate of drug-likeness (QED) is 0.493. The molecular weight excluding hydrogens is 368 g/mol. The second kappa shape index (κ2) is 8.41. The topological polar surface area (TPSA) is 34.0 Å². The molecule has 0 saturated carbocycles. The maximum absolute atomic E-state index is 5.05. The van der Waals surface area contributed by atoms with Crippen molar-refractivity contribution in [2.24, 2.45) is 0 Å². The Morgan fingerprint density at radius 3 is 2.17 bits per heavy atom. The first kappa shape index (κ1) is 20.9. The normalized spacial score (nSPS) is 13.7. The molecule has 2 heterocycles. The average molecular weight is 405 g/mol. The van der Waals surface area contributed by atoms with Crippen molar-refractivity contribution in [2.75, 3.05) is 18.0 Å². The number of aryl methyl sites for hydroxylation is 5. The van der Waals surface area contributed by atoms with Crippen LogP contribution < -0.4 is 4.90 Å². The van der Waals surface area contributed by atoms with E-state index < -0.39 is 0 Å². The first-order valence-corrected chi connectivity index (χ1v) is 11.7. The van der Waals surface area contributed by atoms with Crippen LogP contribution in [0.5, 0.6) is 0 Å². The molecule has 0 fully saturated rings. The molecule has 0 unspecified atom stereocenters. The lowest BCUT2D eigenvalue weighted by atomic mass is 9.95. The van der Waals surface area contributed by atoms with Crippen molar-refractivity contribution >= 4 is 16.9 Å². The van der Waals surface area contributed by atoms with Crippen LogP contribution in [0.15, 0.2) is 12.1 Å². The predicted octanol–water partition coefficient (Wildman–Crippen LogP) is 6.16. The van der Waals surface area contributed by atoms with Crippen molar-refractivity contribution in [3.8, 4) is 5.69 Å². The van der Waals surface area contributed by atoms with E-state index in [1.54, 1.807) is 0 Å². The highest BCUT2D eigenvalue weighted by molar-refractivity contribution is 5.94. The first-order chi connectivity index (χ1) is 14.5. The van der Waals surface area contributed by atoms with E-state index in [9.17, 15) is 0 Å². The lowest BCUT2D eigenvalue weighted by Gasteiger charge is -2.24. The van der Waals surface area contributed by atoms with E-state index in [4.69, 9.17) is 9.97 Å². The van der Waals surface area contributed by atoms with Crippen molar-refractivity contribution in [3.05, 3.63) is 45.9 Å².